The van der Waals surface area contributed by atoms with Gasteiger partial charge in [-0.15, -0.1) is 0 Å². The minimum Gasteiger partial charge on any atom is -0.0832 e. The summed E-state index contributed by atoms with van der Waals surface area (Å²) in [6.45, 7) is 6.62. The monoisotopic (exact) mass is 320 g/mol. The van der Waals surface area contributed by atoms with E-state index in [1.54, 1.807) is 0 Å². The van der Waals surface area contributed by atoms with Crippen LogP contribution in [0.25, 0.3) is 5.03 Å². The van der Waals surface area contributed by atoms with Gasteiger partial charge in [-0.3, -0.25) is 0 Å². The van der Waals surface area contributed by atoms with E-state index in [0.717, 1.165) is 10.6 Å². The molecule has 14 heavy (non-hydrogen) atoms. The molecule has 1 aromatic carbocycles. The highest BCUT2D eigenvalue weighted by Crippen LogP contribution is 2.26. The average Bonchev–Trinajstić information content (AvgIpc) is 2.15. The van der Waals surface area contributed by atoms with Crippen LogP contribution in [0.3, 0.4) is 0 Å². The summed E-state index contributed by atoms with van der Waals surface area (Å²) in [5.41, 5.74) is 2.62. The first-order chi connectivity index (χ1) is 6.45. The van der Waals surface area contributed by atoms with E-state index in [1.165, 1.54) is 5.56 Å². The van der Waals surface area contributed by atoms with Gasteiger partial charge in [-0.2, -0.15) is 0 Å². The number of halogens is 2. The van der Waals surface area contributed by atoms with Crippen LogP contribution in [0.2, 0.25) is 0 Å². The summed E-state index contributed by atoms with van der Waals surface area (Å²) in [6.07, 6.45) is 0. The molecule has 0 bridgehead atoms. The topological polar surface area (TPSA) is 0 Å². The fourth-order valence-electron chi connectivity index (χ4n) is 1.19. The van der Waals surface area contributed by atoms with E-state index in [9.17, 15) is 0 Å². The highest BCUT2D eigenvalue weighted by Gasteiger charge is 2.12. The largest absolute Gasteiger partial charge is 0.0832 e. The van der Waals surface area contributed by atoms with Gasteiger partial charge in [-0.25, -0.2) is 0 Å². The van der Waals surface area contributed by atoms with Crippen molar-refractivity contribution >= 4 is 39.2 Å². The summed E-state index contributed by atoms with van der Waals surface area (Å²) in [6, 6.07) is 8.41. The van der Waals surface area contributed by atoms with E-state index >= 15 is 0 Å². The molecule has 2 heteroatoms. The Balaban J connectivity index is 3.01. The lowest BCUT2D eigenvalue weighted by Gasteiger charge is -2.19. The molecule has 0 fully saturated rings. The van der Waals surface area contributed by atoms with Gasteiger partial charge in [0.15, 0.2) is 0 Å². The Bertz CT molecular complexity index is 330. The number of hydrogen-bond acceptors (Lipinski definition) is 0. The molecule has 0 radical (unpaired) electrons. The molecule has 0 atom stereocenters. The maximum Gasteiger partial charge on any atom is 0.0538 e. The third-order valence-electron chi connectivity index (χ3n) is 2.12. The standard InChI is InChI=1S/C12H14ClI/c1-12(2,3)10-6-4-9(5-7-10)11(13)8-14/h4-8H,1-3H3. The van der Waals surface area contributed by atoms with Crippen LogP contribution in [0.1, 0.15) is 31.9 Å². The summed E-state index contributed by atoms with van der Waals surface area (Å²) >= 11 is 8.16. The Morgan fingerprint density at radius 3 is 2.07 bits per heavy atom. The second-order valence-electron chi connectivity index (χ2n) is 4.28. The van der Waals surface area contributed by atoms with Gasteiger partial charge in [0.2, 0.25) is 0 Å². The van der Waals surface area contributed by atoms with E-state index in [2.05, 4.69) is 67.6 Å². The van der Waals surface area contributed by atoms with Crippen LogP contribution in [0, 0.1) is 0 Å². The van der Waals surface area contributed by atoms with Gasteiger partial charge in [-0.05, 0) is 20.6 Å². The molecule has 0 N–H and O–H groups in total. The average molecular weight is 321 g/mol. The van der Waals surface area contributed by atoms with Crippen molar-refractivity contribution < 1.29 is 0 Å². The van der Waals surface area contributed by atoms with Gasteiger partial charge in [-0.1, -0.05) is 79.2 Å². The lowest BCUT2D eigenvalue weighted by molar-refractivity contribution is 0.590. The molecule has 1 aromatic rings. The Morgan fingerprint density at radius 2 is 1.71 bits per heavy atom. The molecule has 0 saturated heterocycles. The van der Waals surface area contributed by atoms with Crippen molar-refractivity contribution in [3.05, 3.63) is 39.5 Å². The molecule has 0 unspecified atom stereocenters. The molecule has 1 rings (SSSR count). The van der Waals surface area contributed by atoms with Crippen molar-refractivity contribution in [1.29, 1.82) is 0 Å². The minimum atomic E-state index is 0.207. The second kappa shape index (κ2) is 4.67. The maximum absolute atomic E-state index is 6.01. The summed E-state index contributed by atoms with van der Waals surface area (Å²) in [4.78, 5) is 0. The highest BCUT2D eigenvalue weighted by atomic mass is 127. The third kappa shape index (κ3) is 2.99. The summed E-state index contributed by atoms with van der Waals surface area (Å²) in [5, 5.41) is 0.797. The van der Waals surface area contributed by atoms with Gasteiger partial charge in [0.05, 0.1) is 5.03 Å². The molecule has 0 aliphatic carbocycles. The molecule has 76 valence electrons. The smallest absolute Gasteiger partial charge is 0.0538 e. The van der Waals surface area contributed by atoms with Crippen LogP contribution in [0.5, 0.6) is 0 Å². The summed E-state index contributed by atoms with van der Waals surface area (Å²) in [7, 11) is 0. The first-order valence-electron chi connectivity index (χ1n) is 4.52. The molecular weight excluding hydrogens is 306 g/mol. The zero-order valence-electron chi connectivity index (χ0n) is 8.64. The van der Waals surface area contributed by atoms with Crippen LogP contribution in [-0.4, -0.2) is 0 Å². The Kier molecular flexibility index (Phi) is 4.02. The maximum atomic E-state index is 6.01. The molecule has 0 aromatic heterocycles. The summed E-state index contributed by atoms with van der Waals surface area (Å²) < 4.78 is 1.88. The molecule has 0 nitrogen and oxygen atoms in total. The van der Waals surface area contributed by atoms with Gasteiger partial charge in [0.1, 0.15) is 0 Å². The zero-order chi connectivity index (χ0) is 10.8. The third-order valence-corrected chi connectivity index (χ3v) is 3.44. The van der Waals surface area contributed by atoms with Crippen molar-refractivity contribution in [1.82, 2.24) is 0 Å². The predicted molar refractivity (Wildman–Crippen MR) is 73.0 cm³/mol. The molecular formula is C12H14ClI. The molecule has 0 heterocycles. The van der Waals surface area contributed by atoms with Crippen LogP contribution in [0.15, 0.2) is 28.3 Å². The summed E-state index contributed by atoms with van der Waals surface area (Å²) in [5.74, 6) is 0. The predicted octanol–water partition coefficient (Wildman–Crippen LogP) is 4.96. The number of benzene rings is 1. The van der Waals surface area contributed by atoms with E-state index < -0.39 is 0 Å². The van der Waals surface area contributed by atoms with Crippen LogP contribution in [-0.2, 0) is 5.41 Å². The fraction of sp³-hybridized carbons (Fsp3) is 0.333. The van der Waals surface area contributed by atoms with E-state index in [-0.39, 0.29) is 5.41 Å². The second-order valence-corrected chi connectivity index (χ2v) is 5.31. The molecule has 0 saturated carbocycles. The lowest BCUT2D eigenvalue weighted by Crippen LogP contribution is -2.10. The van der Waals surface area contributed by atoms with Gasteiger partial charge in [0, 0.05) is 0 Å². The number of rotatable bonds is 1. The van der Waals surface area contributed by atoms with Gasteiger partial charge in [0.25, 0.3) is 0 Å². The van der Waals surface area contributed by atoms with Crippen molar-refractivity contribution in [3.8, 4) is 0 Å². The SMILES string of the molecule is CC(C)(C)c1ccc(C(Cl)=CI)cc1. The van der Waals surface area contributed by atoms with Gasteiger partial charge < -0.3 is 0 Å². The lowest BCUT2D eigenvalue weighted by atomic mass is 9.87. The fourth-order valence-corrected chi connectivity index (χ4v) is 1.68. The van der Waals surface area contributed by atoms with E-state index in [0.29, 0.717) is 0 Å². The molecule has 0 amide bonds. The van der Waals surface area contributed by atoms with E-state index in [4.69, 9.17) is 11.6 Å². The van der Waals surface area contributed by atoms with Gasteiger partial charge >= 0.3 is 0 Å². The van der Waals surface area contributed by atoms with Crippen molar-refractivity contribution in [3.63, 3.8) is 0 Å². The zero-order valence-corrected chi connectivity index (χ0v) is 11.6. The van der Waals surface area contributed by atoms with Crippen LogP contribution >= 0.6 is 34.2 Å². The van der Waals surface area contributed by atoms with E-state index in [1.807, 2.05) is 4.08 Å². The first-order valence-corrected chi connectivity index (χ1v) is 6.14. The first kappa shape index (κ1) is 12.1. The van der Waals surface area contributed by atoms with Crippen molar-refractivity contribution in [2.45, 2.75) is 26.2 Å². The quantitative estimate of drug-likeness (QED) is 0.642. The van der Waals surface area contributed by atoms with Crippen LogP contribution in [0.4, 0.5) is 0 Å². The molecule has 0 aliphatic heterocycles. The Morgan fingerprint density at radius 1 is 1.21 bits per heavy atom. The number of hydrogen-bond donors (Lipinski definition) is 0. The Labute approximate surface area is 104 Å². The highest BCUT2D eigenvalue weighted by molar-refractivity contribution is 14.1. The van der Waals surface area contributed by atoms with Crippen LogP contribution < -0.4 is 0 Å². The molecule has 0 spiro atoms. The molecule has 0 aliphatic rings. The van der Waals surface area contributed by atoms with Crippen molar-refractivity contribution in [2.75, 3.05) is 0 Å². The van der Waals surface area contributed by atoms with Crippen molar-refractivity contribution in [2.24, 2.45) is 0 Å². The normalized spacial score (nSPS) is 13.1. The Hall–Kier alpha value is -0.0200. The minimum absolute atomic E-state index is 0.207.